The molecule has 174 valence electrons. The molecule has 0 unspecified atom stereocenters. The molecule has 0 atom stereocenters. The van der Waals surface area contributed by atoms with E-state index in [4.69, 9.17) is 4.74 Å². The van der Waals surface area contributed by atoms with Gasteiger partial charge in [0.2, 0.25) is 5.91 Å². The number of ether oxygens (including phenoxy) is 1. The summed E-state index contributed by atoms with van der Waals surface area (Å²) in [6, 6.07) is 18.2. The Kier molecular flexibility index (Phi) is 6.33. The van der Waals surface area contributed by atoms with E-state index in [1.165, 1.54) is 17.7 Å². The second-order valence-corrected chi connectivity index (χ2v) is 9.16. The van der Waals surface area contributed by atoms with Gasteiger partial charge in [-0.05, 0) is 48.9 Å². The van der Waals surface area contributed by atoms with Gasteiger partial charge in [-0.3, -0.25) is 18.9 Å². The molecular weight excluding hydrogens is 456 g/mol. The van der Waals surface area contributed by atoms with E-state index in [-0.39, 0.29) is 17.1 Å². The highest BCUT2D eigenvalue weighted by molar-refractivity contribution is 7.92. The van der Waals surface area contributed by atoms with Crippen LogP contribution in [0.2, 0.25) is 0 Å². The molecule has 9 nitrogen and oxygen atoms in total. The summed E-state index contributed by atoms with van der Waals surface area (Å²) in [5.41, 5.74) is 1.77. The second-order valence-electron chi connectivity index (χ2n) is 7.51. The Morgan fingerprint density at radius 2 is 1.79 bits per heavy atom. The van der Waals surface area contributed by atoms with E-state index in [1.807, 2.05) is 0 Å². The predicted molar refractivity (Wildman–Crippen MR) is 130 cm³/mol. The molecule has 10 heteroatoms. The van der Waals surface area contributed by atoms with Crippen molar-refractivity contribution < 1.29 is 17.9 Å². The molecule has 1 amide bonds. The van der Waals surface area contributed by atoms with E-state index in [0.717, 1.165) is 6.20 Å². The maximum absolute atomic E-state index is 13.1. The minimum atomic E-state index is -3.97. The molecule has 4 rings (SSSR count). The van der Waals surface area contributed by atoms with Crippen LogP contribution >= 0.6 is 0 Å². The van der Waals surface area contributed by atoms with Gasteiger partial charge in [0, 0.05) is 5.69 Å². The number of sulfonamides is 1. The topological polar surface area (TPSA) is 119 Å². The fraction of sp³-hybridized carbons (Fsp3) is 0.125. The molecule has 4 aromatic rings. The maximum atomic E-state index is 13.1. The number of anilines is 2. The molecule has 0 bridgehead atoms. The molecule has 0 radical (unpaired) electrons. The lowest BCUT2D eigenvalue weighted by Crippen LogP contribution is -2.28. The van der Waals surface area contributed by atoms with Crippen molar-refractivity contribution in [1.82, 2.24) is 9.55 Å². The highest BCUT2D eigenvalue weighted by atomic mass is 32.2. The van der Waals surface area contributed by atoms with E-state index in [0.29, 0.717) is 28.0 Å². The number of rotatable bonds is 7. The summed E-state index contributed by atoms with van der Waals surface area (Å²) in [6.07, 6.45) is 1.16. The summed E-state index contributed by atoms with van der Waals surface area (Å²) in [4.78, 5) is 29.1. The minimum Gasteiger partial charge on any atom is -0.495 e. The number of methoxy groups -OCH3 is 1. The van der Waals surface area contributed by atoms with Crippen LogP contribution in [0, 0.1) is 6.92 Å². The smallest absolute Gasteiger partial charge is 0.269 e. The second kappa shape index (κ2) is 9.36. The van der Waals surface area contributed by atoms with Crippen molar-refractivity contribution >= 4 is 38.3 Å². The zero-order chi connectivity index (χ0) is 24.3. The highest BCUT2D eigenvalue weighted by Crippen LogP contribution is 2.28. The molecule has 0 saturated carbocycles. The third kappa shape index (κ3) is 4.76. The van der Waals surface area contributed by atoms with Crippen molar-refractivity contribution in [1.29, 1.82) is 0 Å². The molecule has 0 fully saturated rings. The first-order valence-electron chi connectivity index (χ1n) is 10.3. The first-order chi connectivity index (χ1) is 16.3. The molecule has 0 aliphatic rings. The third-order valence-corrected chi connectivity index (χ3v) is 6.67. The summed E-state index contributed by atoms with van der Waals surface area (Å²) < 4.78 is 35.2. The van der Waals surface area contributed by atoms with Crippen LogP contribution in [0.3, 0.4) is 0 Å². The number of hydrogen-bond acceptors (Lipinski definition) is 6. The maximum Gasteiger partial charge on any atom is 0.269 e. The number of carbonyl (C=O) groups excluding carboxylic acids is 1. The van der Waals surface area contributed by atoms with Crippen molar-refractivity contribution in [3.05, 3.63) is 88.8 Å². The van der Waals surface area contributed by atoms with Gasteiger partial charge in [-0.25, -0.2) is 13.4 Å². The number of nitrogens with zero attached hydrogens (tertiary/aromatic N) is 2. The average molecular weight is 479 g/mol. The van der Waals surface area contributed by atoms with Crippen molar-refractivity contribution in [2.24, 2.45) is 0 Å². The quantitative estimate of drug-likeness (QED) is 0.421. The Balaban J connectivity index is 1.59. The van der Waals surface area contributed by atoms with E-state index in [9.17, 15) is 18.0 Å². The summed E-state index contributed by atoms with van der Waals surface area (Å²) in [7, 11) is -2.52. The number of aromatic nitrogens is 2. The molecule has 0 spiro atoms. The van der Waals surface area contributed by atoms with Crippen molar-refractivity contribution in [2.75, 3.05) is 17.1 Å². The van der Waals surface area contributed by atoms with E-state index in [2.05, 4.69) is 15.0 Å². The molecule has 2 N–H and O–H groups in total. The lowest BCUT2D eigenvalue weighted by molar-refractivity contribution is -0.116. The number of hydrogen-bond donors (Lipinski definition) is 2. The van der Waals surface area contributed by atoms with Crippen molar-refractivity contribution in [3.8, 4) is 5.75 Å². The first-order valence-corrected chi connectivity index (χ1v) is 11.8. The molecule has 0 aliphatic heterocycles. The molecule has 0 saturated heterocycles. The van der Waals surface area contributed by atoms with Crippen LogP contribution in [0.4, 0.5) is 11.4 Å². The van der Waals surface area contributed by atoms with Gasteiger partial charge in [-0.1, -0.05) is 30.3 Å². The number of nitrogens with one attached hydrogen (secondary N) is 2. The van der Waals surface area contributed by atoms with Crippen LogP contribution in [-0.4, -0.2) is 31.0 Å². The molecule has 1 aromatic heterocycles. The Labute approximate surface area is 196 Å². The van der Waals surface area contributed by atoms with Gasteiger partial charge >= 0.3 is 0 Å². The summed E-state index contributed by atoms with van der Waals surface area (Å²) >= 11 is 0. The Morgan fingerprint density at radius 1 is 1.06 bits per heavy atom. The average Bonchev–Trinajstić information content (AvgIpc) is 2.82. The number of amides is 1. The SMILES string of the molecule is COc1ccccc1NS(=O)(=O)c1cc(NC(=O)Cn2c(=O)cnc3ccccc32)ccc1C. The normalized spacial score (nSPS) is 11.2. The molecule has 1 heterocycles. The number of aryl methyl sites for hydroxylation is 1. The van der Waals surface area contributed by atoms with Crippen LogP contribution in [0.25, 0.3) is 11.0 Å². The Hall–Kier alpha value is -4.18. The largest absolute Gasteiger partial charge is 0.495 e. The van der Waals surface area contributed by atoms with E-state index < -0.39 is 21.5 Å². The Bertz CT molecular complexity index is 1550. The minimum absolute atomic E-state index is 0.00253. The number of fused-ring (bicyclic) bond motifs is 1. The van der Waals surface area contributed by atoms with Gasteiger partial charge in [0.25, 0.3) is 15.6 Å². The van der Waals surface area contributed by atoms with Gasteiger partial charge in [0.1, 0.15) is 12.3 Å². The van der Waals surface area contributed by atoms with Gasteiger partial charge < -0.3 is 10.1 Å². The van der Waals surface area contributed by atoms with Crippen LogP contribution in [0.5, 0.6) is 5.75 Å². The van der Waals surface area contributed by atoms with Gasteiger partial charge in [0.15, 0.2) is 0 Å². The van der Waals surface area contributed by atoms with Crippen molar-refractivity contribution in [3.63, 3.8) is 0 Å². The van der Waals surface area contributed by atoms with Gasteiger partial charge in [0.05, 0.1) is 34.9 Å². The third-order valence-electron chi connectivity index (χ3n) is 5.17. The molecular formula is C24H22N4O5S. The van der Waals surface area contributed by atoms with Gasteiger partial charge in [-0.2, -0.15) is 0 Å². The van der Waals surface area contributed by atoms with Gasteiger partial charge in [-0.15, -0.1) is 0 Å². The fourth-order valence-corrected chi connectivity index (χ4v) is 4.86. The molecule has 0 aliphatic carbocycles. The zero-order valence-electron chi connectivity index (χ0n) is 18.5. The molecule has 34 heavy (non-hydrogen) atoms. The molecule has 3 aromatic carbocycles. The first kappa shape index (κ1) is 23.0. The van der Waals surface area contributed by atoms with Crippen molar-refractivity contribution in [2.45, 2.75) is 18.4 Å². The lowest BCUT2D eigenvalue weighted by Gasteiger charge is -2.15. The zero-order valence-corrected chi connectivity index (χ0v) is 19.3. The summed E-state index contributed by atoms with van der Waals surface area (Å²) in [6.45, 7) is 1.41. The predicted octanol–water partition coefficient (Wildman–Crippen LogP) is 3.15. The standard InChI is InChI=1S/C24H22N4O5S/c1-16-11-12-17(13-22(16)34(31,32)27-19-8-4-6-10-21(19)33-2)26-23(29)15-28-20-9-5-3-7-18(20)25-14-24(28)30/h3-14,27H,15H2,1-2H3,(H,26,29). The monoisotopic (exact) mass is 478 g/mol. The number of para-hydroxylation sites is 4. The van der Waals surface area contributed by atoms with E-state index >= 15 is 0 Å². The van der Waals surface area contributed by atoms with Crippen LogP contribution in [0.15, 0.2) is 82.6 Å². The fourth-order valence-electron chi connectivity index (χ4n) is 3.52. The number of carbonyl (C=O) groups is 1. The Morgan fingerprint density at radius 3 is 2.59 bits per heavy atom. The van der Waals surface area contributed by atoms with Crippen LogP contribution in [0.1, 0.15) is 5.56 Å². The van der Waals surface area contributed by atoms with Crippen LogP contribution in [-0.2, 0) is 21.4 Å². The number of benzene rings is 3. The summed E-state index contributed by atoms with van der Waals surface area (Å²) in [5.74, 6) is -0.105. The summed E-state index contributed by atoms with van der Waals surface area (Å²) in [5, 5.41) is 2.67. The highest BCUT2D eigenvalue weighted by Gasteiger charge is 2.20. The van der Waals surface area contributed by atoms with E-state index in [1.54, 1.807) is 67.6 Å². The lowest BCUT2D eigenvalue weighted by atomic mass is 10.2. The van der Waals surface area contributed by atoms with Crippen LogP contribution < -0.4 is 20.3 Å².